The lowest BCUT2D eigenvalue weighted by molar-refractivity contribution is -0.123. The number of nitrogens with one attached hydrogen (secondary N) is 2. The largest absolute Gasteiger partial charge is 0.394 e. The van der Waals surface area contributed by atoms with Crippen molar-refractivity contribution in [2.45, 2.75) is 69.4 Å². The van der Waals surface area contributed by atoms with Crippen LogP contribution in [-0.2, 0) is 10.2 Å². The molecule has 2 aliphatic rings. The summed E-state index contributed by atoms with van der Waals surface area (Å²) in [5.74, 6) is -2.70. The Morgan fingerprint density at radius 1 is 1.17 bits per heavy atom. The van der Waals surface area contributed by atoms with Gasteiger partial charge in [0, 0.05) is 55.3 Å². The number of aliphatic hydroxyl groups excluding tert-OH is 3. The molecule has 252 valence electrons. The van der Waals surface area contributed by atoms with Crippen molar-refractivity contribution in [1.29, 1.82) is 5.26 Å². The van der Waals surface area contributed by atoms with Gasteiger partial charge < -0.3 is 26.0 Å². The molecule has 0 spiro atoms. The first kappa shape index (κ1) is 36.4. The summed E-state index contributed by atoms with van der Waals surface area (Å²) in [4.78, 5) is 16.2. The van der Waals surface area contributed by atoms with Gasteiger partial charge in [-0.1, -0.05) is 62.2 Å². The number of nitrogens with zero attached hydrogens (tertiary/aromatic N) is 3. The third kappa shape index (κ3) is 8.00. The van der Waals surface area contributed by atoms with Gasteiger partial charge in [-0.25, -0.2) is 8.78 Å². The SMILES string of the molecule is CC(C)(C)CC1NC(C(O)N2CCN(CC(=O)NCCC(O)CO)CC2)C(c2cccc(Cl)c2F)C1(C#N)c1ccc(Cl)cc1F. The van der Waals surface area contributed by atoms with Crippen molar-refractivity contribution in [3.05, 3.63) is 69.2 Å². The first-order valence-electron chi connectivity index (χ1n) is 15.5. The maximum atomic E-state index is 15.9. The first-order chi connectivity index (χ1) is 21.7. The Labute approximate surface area is 279 Å². The van der Waals surface area contributed by atoms with Crippen LogP contribution in [0, 0.1) is 28.4 Å². The van der Waals surface area contributed by atoms with Crippen LogP contribution in [0.5, 0.6) is 0 Å². The van der Waals surface area contributed by atoms with Gasteiger partial charge in [-0.15, -0.1) is 0 Å². The van der Waals surface area contributed by atoms with Crippen LogP contribution in [0.4, 0.5) is 8.78 Å². The molecule has 9 nitrogen and oxygen atoms in total. The molecule has 13 heteroatoms. The number of nitriles is 1. The summed E-state index contributed by atoms with van der Waals surface area (Å²) < 4.78 is 31.8. The standard InChI is InChI=1S/C33H43Cl2F2N5O4/c1-32(2,3)16-26-33(19-38,23-8-7-20(34)15-25(23)36)28(22-5-4-6-24(35)29(22)37)30(40-26)31(46)42-13-11-41(12-14-42)17-27(45)39-10-9-21(44)18-43/h4-8,15,21,26,28,30-31,40,43-44,46H,9-14,16-18H2,1-3H3,(H,39,45). The molecule has 2 aromatic rings. The minimum absolute atomic E-state index is 0.0579. The predicted molar refractivity (Wildman–Crippen MR) is 172 cm³/mol. The molecule has 0 radical (unpaired) electrons. The Morgan fingerprint density at radius 3 is 2.48 bits per heavy atom. The fourth-order valence-corrected chi connectivity index (χ4v) is 7.12. The summed E-state index contributed by atoms with van der Waals surface area (Å²) in [5.41, 5.74) is -1.83. The lowest BCUT2D eigenvalue weighted by Crippen LogP contribution is -2.57. The molecule has 6 atom stereocenters. The Bertz CT molecular complexity index is 1420. The van der Waals surface area contributed by atoms with Crippen LogP contribution in [-0.4, -0.2) is 101 Å². The highest BCUT2D eigenvalue weighted by atomic mass is 35.5. The van der Waals surface area contributed by atoms with Crippen molar-refractivity contribution < 1.29 is 28.9 Å². The number of amides is 1. The molecule has 1 amide bonds. The average molecular weight is 683 g/mol. The smallest absolute Gasteiger partial charge is 0.234 e. The van der Waals surface area contributed by atoms with Gasteiger partial charge in [0.05, 0.1) is 36.4 Å². The van der Waals surface area contributed by atoms with Gasteiger partial charge in [0.25, 0.3) is 0 Å². The summed E-state index contributed by atoms with van der Waals surface area (Å²) in [6, 6.07) is 9.44. The topological polar surface area (TPSA) is 132 Å². The minimum atomic E-state index is -1.65. The van der Waals surface area contributed by atoms with E-state index < -0.39 is 47.4 Å². The fraction of sp³-hybridized carbons (Fsp3) is 0.576. The number of halogens is 4. The van der Waals surface area contributed by atoms with Gasteiger partial charge in [0.1, 0.15) is 23.3 Å². The first-order valence-corrected chi connectivity index (χ1v) is 16.2. The number of carbonyl (C=O) groups excluding carboxylic acids is 1. The third-order valence-corrected chi connectivity index (χ3v) is 9.49. The summed E-state index contributed by atoms with van der Waals surface area (Å²) in [6.45, 7) is 7.63. The van der Waals surface area contributed by atoms with E-state index in [2.05, 4.69) is 16.7 Å². The molecular formula is C33H43Cl2F2N5O4. The molecule has 2 saturated heterocycles. The summed E-state index contributed by atoms with van der Waals surface area (Å²) >= 11 is 12.4. The van der Waals surface area contributed by atoms with Gasteiger partial charge >= 0.3 is 0 Å². The van der Waals surface area contributed by atoms with Crippen molar-refractivity contribution >= 4 is 29.1 Å². The van der Waals surface area contributed by atoms with E-state index in [1.54, 1.807) is 6.07 Å². The molecule has 0 bridgehead atoms. The quantitative estimate of drug-likeness (QED) is 0.244. The Kier molecular flexibility index (Phi) is 12.1. The van der Waals surface area contributed by atoms with E-state index in [4.69, 9.17) is 28.3 Å². The zero-order valence-corrected chi connectivity index (χ0v) is 27.8. The average Bonchev–Trinajstić information content (AvgIpc) is 3.31. The highest BCUT2D eigenvalue weighted by Gasteiger charge is 2.61. The van der Waals surface area contributed by atoms with Gasteiger partial charge in [0.2, 0.25) is 5.91 Å². The van der Waals surface area contributed by atoms with Crippen LogP contribution in [0.15, 0.2) is 36.4 Å². The molecule has 5 N–H and O–H groups in total. The highest BCUT2D eigenvalue weighted by Crippen LogP contribution is 2.53. The van der Waals surface area contributed by atoms with E-state index in [0.29, 0.717) is 32.6 Å². The number of carbonyl (C=O) groups is 1. The van der Waals surface area contributed by atoms with Crippen molar-refractivity contribution in [1.82, 2.24) is 20.4 Å². The lowest BCUT2D eigenvalue weighted by Gasteiger charge is -2.41. The van der Waals surface area contributed by atoms with E-state index in [-0.39, 0.29) is 58.6 Å². The van der Waals surface area contributed by atoms with E-state index in [9.17, 15) is 20.3 Å². The maximum Gasteiger partial charge on any atom is 0.234 e. The second kappa shape index (κ2) is 15.2. The monoisotopic (exact) mass is 681 g/mol. The number of rotatable bonds is 11. The summed E-state index contributed by atoms with van der Waals surface area (Å²) in [6.07, 6.45) is -1.45. The van der Waals surface area contributed by atoms with Crippen LogP contribution < -0.4 is 10.6 Å². The van der Waals surface area contributed by atoms with E-state index in [1.165, 1.54) is 24.3 Å². The number of hydrogen-bond acceptors (Lipinski definition) is 8. The number of aliphatic hydroxyl groups is 3. The molecule has 2 heterocycles. The van der Waals surface area contributed by atoms with Crippen LogP contribution in [0.2, 0.25) is 10.0 Å². The second-order valence-corrected chi connectivity index (χ2v) is 14.3. The van der Waals surface area contributed by atoms with Gasteiger partial charge in [-0.2, -0.15) is 5.26 Å². The van der Waals surface area contributed by atoms with Crippen LogP contribution in [0.1, 0.15) is 50.7 Å². The highest BCUT2D eigenvalue weighted by molar-refractivity contribution is 6.31. The zero-order chi connectivity index (χ0) is 33.8. The number of piperazine rings is 1. The Morgan fingerprint density at radius 2 is 1.87 bits per heavy atom. The summed E-state index contributed by atoms with van der Waals surface area (Å²) in [7, 11) is 0. The van der Waals surface area contributed by atoms with Crippen molar-refractivity contribution in [3.8, 4) is 6.07 Å². The van der Waals surface area contributed by atoms with Gasteiger partial charge in [0.15, 0.2) is 0 Å². The molecule has 0 saturated carbocycles. The zero-order valence-electron chi connectivity index (χ0n) is 26.3. The number of hydrogen-bond donors (Lipinski definition) is 5. The van der Waals surface area contributed by atoms with Crippen LogP contribution in [0.25, 0.3) is 0 Å². The second-order valence-electron chi connectivity index (χ2n) is 13.4. The van der Waals surface area contributed by atoms with E-state index in [1.807, 2.05) is 30.6 Å². The molecule has 2 aliphatic heterocycles. The summed E-state index contributed by atoms with van der Waals surface area (Å²) in [5, 5.41) is 47.6. The molecule has 46 heavy (non-hydrogen) atoms. The van der Waals surface area contributed by atoms with Crippen LogP contribution in [0.3, 0.4) is 0 Å². The molecule has 4 rings (SSSR count). The molecule has 2 aromatic carbocycles. The van der Waals surface area contributed by atoms with Crippen LogP contribution >= 0.6 is 23.2 Å². The van der Waals surface area contributed by atoms with E-state index >= 15 is 8.78 Å². The third-order valence-electron chi connectivity index (χ3n) is 8.97. The Balaban J connectivity index is 1.66. The van der Waals surface area contributed by atoms with Crippen molar-refractivity contribution in [2.24, 2.45) is 5.41 Å². The number of benzene rings is 2. The normalized spacial score (nSPS) is 25.6. The Hall–Kier alpha value is -2.40. The fourth-order valence-electron chi connectivity index (χ4n) is 6.78. The van der Waals surface area contributed by atoms with Crippen molar-refractivity contribution in [2.75, 3.05) is 45.9 Å². The molecule has 0 aliphatic carbocycles. The molecule has 0 aromatic heterocycles. The van der Waals surface area contributed by atoms with E-state index in [0.717, 1.165) is 6.07 Å². The molecule has 2 fully saturated rings. The molecule has 6 unspecified atom stereocenters. The lowest BCUT2D eigenvalue weighted by atomic mass is 9.62. The molecular weight excluding hydrogens is 639 g/mol. The van der Waals surface area contributed by atoms with Gasteiger partial charge in [-0.3, -0.25) is 14.6 Å². The minimum Gasteiger partial charge on any atom is -0.394 e. The maximum absolute atomic E-state index is 15.9. The predicted octanol–water partition coefficient (Wildman–Crippen LogP) is 3.39. The van der Waals surface area contributed by atoms with Gasteiger partial charge in [-0.05, 0) is 42.0 Å². The van der Waals surface area contributed by atoms with Crippen molar-refractivity contribution in [3.63, 3.8) is 0 Å².